The second-order valence-electron chi connectivity index (χ2n) is 7.04. The predicted octanol–water partition coefficient (Wildman–Crippen LogP) is 4.46. The fourth-order valence-electron chi connectivity index (χ4n) is 3.01. The molecule has 2 aromatic carbocycles. The Bertz CT molecular complexity index is 1030. The van der Waals surface area contributed by atoms with Crippen LogP contribution in [0.3, 0.4) is 0 Å². The number of furan rings is 1. The number of para-hydroxylation sites is 1. The van der Waals surface area contributed by atoms with E-state index in [9.17, 15) is 4.79 Å². The number of hydrogen-bond donors (Lipinski definition) is 0. The molecule has 0 saturated heterocycles. The van der Waals surface area contributed by atoms with Crippen molar-refractivity contribution in [1.82, 2.24) is 4.90 Å². The van der Waals surface area contributed by atoms with Crippen LogP contribution in [-0.4, -0.2) is 31.4 Å². The summed E-state index contributed by atoms with van der Waals surface area (Å²) in [4.78, 5) is 16.7. The van der Waals surface area contributed by atoms with Crippen LogP contribution >= 0.6 is 0 Å². The summed E-state index contributed by atoms with van der Waals surface area (Å²) in [6.07, 6.45) is 0. The van der Waals surface area contributed by atoms with Gasteiger partial charge in [-0.1, -0.05) is 24.3 Å². The second kappa shape index (κ2) is 9.66. The van der Waals surface area contributed by atoms with E-state index in [4.69, 9.17) is 14.4 Å². The van der Waals surface area contributed by atoms with E-state index in [1.54, 1.807) is 41.3 Å². The van der Waals surface area contributed by atoms with Crippen LogP contribution < -0.4 is 9.64 Å². The van der Waals surface area contributed by atoms with E-state index in [-0.39, 0.29) is 18.3 Å². The number of carbonyl (C=O) groups excluding carboxylic acids is 1. The molecule has 0 aliphatic rings. The number of rotatable bonds is 8. The van der Waals surface area contributed by atoms with Crippen molar-refractivity contribution < 1.29 is 13.9 Å². The lowest BCUT2D eigenvalue weighted by Crippen LogP contribution is -2.30. The van der Waals surface area contributed by atoms with Crippen LogP contribution in [0.5, 0.6) is 5.75 Å². The van der Waals surface area contributed by atoms with E-state index < -0.39 is 0 Å². The highest BCUT2D eigenvalue weighted by Crippen LogP contribution is 2.20. The van der Waals surface area contributed by atoms with Gasteiger partial charge in [0.15, 0.2) is 5.76 Å². The lowest BCUT2D eigenvalue weighted by atomic mass is 10.2. The molecule has 3 rings (SSSR count). The lowest BCUT2D eigenvalue weighted by Gasteiger charge is -2.20. The highest BCUT2D eigenvalue weighted by atomic mass is 16.5. The monoisotopic (exact) mass is 403 g/mol. The number of nitrogens with zero attached hydrogens (tertiary/aromatic N) is 3. The predicted molar refractivity (Wildman–Crippen MR) is 115 cm³/mol. The maximum Gasteiger partial charge on any atom is 0.289 e. The molecule has 0 saturated carbocycles. The maximum atomic E-state index is 12.9. The molecule has 0 radical (unpaired) electrons. The molecule has 6 nitrogen and oxygen atoms in total. The average molecular weight is 403 g/mol. The van der Waals surface area contributed by atoms with Crippen molar-refractivity contribution in [2.75, 3.05) is 25.5 Å². The van der Waals surface area contributed by atoms with Gasteiger partial charge < -0.3 is 19.0 Å². The smallest absolute Gasteiger partial charge is 0.289 e. The number of anilines is 1. The molecule has 0 aliphatic heterocycles. The molecular weight excluding hydrogens is 378 g/mol. The van der Waals surface area contributed by atoms with Crippen LogP contribution in [0.1, 0.15) is 34.4 Å². The molecular formula is C24H25N3O3. The zero-order valence-corrected chi connectivity index (χ0v) is 17.5. The van der Waals surface area contributed by atoms with Gasteiger partial charge in [-0.2, -0.15) is 5.26 Å². The molecule has 3 aromatic rings. The molecule has 154 valence electrons. The first-order valence-electron chi connectivity index (χ1n) is 9.78. The van der Waals surface area contributed by atoms with Gasteiger partial charge in [-0.05, 0) is 48.9 Å². The molecule has 0 spiro atoms. The van der Waals surface area contributed by atoms with Gasteiger partial charge >= 0.3 is 0 Å². The number of carbonyl (C=O) groups is 1. The van der Waals surface area contributed by atoms with E-state index in [0.29, 0.717) is 30.2 Å². The zero-order valence-electron chi connectivity index (χ0n) is 17.5. The van der Waals surface area contributed by atoms with Crippen LogP contribution in [0.4, 0.5) is 5.69 Å². The van der Waals surface area contributed by atoms with Crippen molar-refractivity contribution in [3.8, 4) is 11.8 Å². The number of amides is 1. The molecule has 6 heteroatoms. The summed E-state index contributed by atoms with van der Waals surface area (Å²) in [7, 11) is 3.99. The van der Waals surface area contributed by atoms with Crippen LogP contribution in [0.2, 0.25) is 0 Å². The number of nitriles is 1. The van der Waals surface area contributed by atoms with Crippen molar-refractivity contribution in [2.24, 2.45) is 0 Å². The first kappa shape index (κ1) is 21.0. The Balaban J connectivity index is 1.64. The Morgan fingerprint density at radius 2 is 1.80 bits per heavy atom. The molecule has 0 bridgehead atoms. The summed E-state index contributed by atoms with van der Waals surface area (Å²) in [5, 5.41) is 9.14. The number of hydrogen-bond acceptors (Lipinski definition) is 5. The van der Waals surface area contributed by atoms with Crippen molar-refractivity contribution in [2.45, 2.75) is 20.1 Å². The molecule has 0 fully saturated rings. The summed E-state index contributed by atoms with van der Waals surface area (Å²) in [5.41, 5.74) is 2.62. The fourth-order valence-corrected chi connectivity index (χ4v) is 3.01. The van der Waals surface area contributed by atoms with Crippen LogP contribution in [0, 0.1) is 11.3 Å². The fraction of sp³-hybridized carbons (Fsp3) is 0.250. The summed E-state index contributed by atoms with van der Waals surface area (Å²) < 4.78 is 11.4. The van der Waals surface area contributed by atoms with Crippen molar-refractivity contribution >= 4 is 11.6 Å². The molecule has 0 aliphatic carbocycles. The first-order chi connectivity index (χ1) is 14.5. The molecule has 0 atom stereocenters. The third kappa shape index (κ3) is 5.00. The molecule has 1 heterocycles. The normalized spacial score (nSPS) is 10.3. The van der Waals surface area contributed by atoms with Crippen molar-refractivity contribution in [1.29, 1.82) is 5.26 Å². The van der Waals surface area contributed by atoms with Crippen molar-refractivity contribution in [3.63, 3.8) is 0 Å². The Labute approximate surface area is 176 Å². The van der Waals surface area contributed by atoms with Gasteiger partial charge in [0.2, 0.25) is 0 Å². The summed E-state index contributed by atoms with van der Waals surface area (Å²) in [5.74, 6) is 1.12. The largest absolute Gasteiger partial charge is 0.484 e. The van der Waals surface area contributed by atoms with E-state index >= 15 is 0 Å². The Hall–Kier alpha value is -3.72. The summed E-state index contributed by atoms with van der Waals surface area (Å²) in [6, 6.07) is 20.6. The first-order valence-corrected chi connectivity index (χ1v) is 9.78. The Kier molecular flexibility index (Phi) is 6.76. The Morgan fingerprint density at radius 3 is 2.47 bits per heavy atom. The Morgan fingerprint density at radius 1 is 1.07 bits per heavy atom. The van der Waals surface area contributed by atoms with Crippen LogP contribution in [0.15, 0.2) is 65.1 Å². The van der Waals surface area contributed by atoms with E-state index in [1.165, 1.54) is 0 Å². The van der Waals surface area contributed by atoms with E-state index in [2.05, 4.69) is 6.07 Å². The summed E-state index contributed by atoms with van der Waals surface area (Å²) >= 11 is 0. The maximum absolute atomic E-state index is 12.9. The SMILES string of the molecule is CCN(Cc1ccc(N(C)C)cc1)C(=O)c1ccc(COc2ccccc2C#N)o1. The number of ether oxygens (including phenoxy) is 1. The third-order valence-electron chi connectivity index (χ3n) is 4.74. The van der Waals surface area contributed by atoms with Crippen LogP contribution in [0.25, 0.3) is 0 Å². The molecule has 1 amide bonds. The zero-order chi connectivity index (χ0) is 21.5. The molecule has 0 unspecified atom stereocenters. The quantitative estimate of drug-likeness (QED) is 0.555. The minimum absolute atomic E-state index is 0.143. The van der Waals surface area contributed by atoms with E-state index in [0.717, 1.165) is 11.3 Å². The summed E-state index contributed by atoms with van der Waals surface area (Å²) in [6.45, 7) is 3.16. The van der Waals surface area contributed by atoms with E-state index in [1.807, 2.05) is 50.2 Å². The standard InChI is InChI=1S/C24H25N3O3/c1-4-27(16-18-9-11-20(12-10-18)26(2)3)24(28)23-14-13-21(30-23)17-29-22-8-6-5-7-19(22)15-25/h5-14H,4,16-17H2,1-3H3. The lowest BCUT2D eigenvalue weighted by molar-refractivity contribution is 0.0716. The highest BCUT2D eigenvalue weighted by molar-refractivity contribution is 5.91. The average Bonchev–Trinajstić information content (AvgIpc) is 3.25. The van der Waals surface area contributed by atoms with Gasteiger partial charge in [0.05, 0.1) is 5.56 Å². The third-order valence-corrected chi connectivity index (χ3v) is 4.74. The minimum Gasteiger partial charge on any atom is -0.484 e. The van der Waals surface area contributed by atoms with Crippen LogP contribution in [-0.2, 0) is 13.2 Å². The van der Waals surface area contributed by atoms with Crippen molar-refractivity contribution in [3.05, 3.63) is 83.3 Å². The van der Waals surface area contributed by atoms with Gasteiger partial charge in [-0.15, -0.1) is 0 Å². The highest BCUT2D eigenvalue weighted by Gasteiger charge is 2.19. The van der Waals surface area contributed by atoms with Gasteiger partial charge in [0.1, 0.15) is 24.2 Å². The molecule has 1 aromatic heterocycles. The second-order valence-corrected chi connectivity index (χ2v) is 7.04. The van der Waals surface area contributed by atoms with Gasteiger partial charge in [-0.3, -0.25) is 4.79 Å². The molecule has 0 N–H and O–H groups in total. The van der Waals surface area contributed by atoms with Gasteiger partial charge in [0.25, 0.3) is 5.91 Å². The van der Waals surface area contributed by atoms with Gasteiger partial charge in [0, 0.05) is 32.9 Å². The topological polar surface area (TPSA) is 69.7 Å². The number of benzene rings is 2. The minimum atomic E-state index is -0.169. The molecule has 30 heavy (non-hydrogen) atoms. The van der Waals surface area contributed by atoms with Gasteiger partial charge in [-0.25, -0.2) is 0 Å².